The first-order valence-corrected chi connectivity index (χ1v) is 11.9. The van der Waals surface area contributed by atoms with Gasteiger partial charge in [0.15, 0.2) is 0 Å². The normalized spacial score (nSPS) is 14.2. The Morgan fingerprint density at radius 2 is 1.67 bits per heavy atom. The Morgan fingerprint density at radius 3 is 2.39 bits per heavy atom. The zero-order chi connectivity index (χ0) is 22.9. The van der Waals surface area contributed by atoms with Gasteiger partial charge in [-0.3, -0.25) is 4.79 Å². The second-order valence-electron chi connectivity index (χ2n) is 8.35. The van der Waals surface area contributed by atoms with Crippen LogP contribution in [0, 0.1) is 19.7 Å². The van der Waals surface area contributed by atoms with Gasteiger partial charge in [0.05, 0.1) is 10.9 Å². The van der Waals surface area contributed by atoms with Crippen molar-refractivity contribution in [3.05, 3.63) is 87.8 Å². The van der Waals surface area contributed by atoms with E-state index in [0.29, 0.717) is 32.6 Å². The Labute approximate surface area is 196 Å². The second-order valence-corrected chi connectivity index (χ2v) is 9.55. The van der Waals surface area contributed by atoms with Crippen LogP contribution in [0.25, 0.3) is 10.2 Å². The molecule has 168 valence electrons. The first-order chi connectivity index (χ1) is 16.0. The molecule has 0 bridgehead atoms. The number of piperazine rings is 1. The third-order valence-corrected chi connectivity index (χ3v) is 7.33. The summed E-state index contributed by atoms with van der Waals surface area (Å²) in [4.78, 5) is 28.9. The Kier molecular flexibility index (Phi) is 5.81. The lowest BCUT2D eigenvalue weighted by atomic mass is 10.1. The molecule has 0 spiro atoms. The van der Waals surface area contributed by atoms with Gasteiger partial charge >= 0.3 is 0 Å². The topological polar surface area (TPSA) is 49.3 Å². The Bertz CT molecular complexity index is 1310. The predicted octanol–water partition coefficient (Wildman–Crippen LogP) is 5.00. The van der Waals surface area contributed by atoms with E-state index in [1.807, 2.05) is 18.2 Å². The van der Waals surface area contributed by atoms with Crippen molar-refractivity contribution in [3.8, 4) is 0 Å². The summed E-state index contributed by atoms with van der Waals surface area (Å²) in [7, 11) is 0. The number of thiophene rings is 1. The molecule has 5 nitrogen and oxygen atoms in total. The molecule has 0 N–H and O–H groups in total. The zero-order valence-electron chi connectivity index (χ0n) is 18.7. The number of hydrogen-bond donors (Lipinski definition) is 0. The van der Waals surface area contributed by atoms with Crippen LogP contribution < -0.4 is 4.90 Å². The van der Waals surface area contributed by atoms with Crippen molar-refractivity contribution in [2.45, 2.75) is 20.3 Å². The Morgan fingerprint density at radius 1 is 0.970 bits per heavy atom. The molecule has 4 aromatic rings. The van der Waals surface area contributed by atoms with Crippen molar-refractivity contribution >= 4 is 33.3 Å². The van der Waals surface area contributed by atoms with Gasteiger partial charge in [0.1, 0.15) is 22.3 Å². The fourth-order valence-electron chi connectivity index (χ4n) is 4.28. The Balaban J connectivity index is 1.42. The minimum atomic E-state index is -0.475. The average Bonchev–Trinajstić information content (AvgIpc) is 3.12. The number of anilines is 1. The summed E-state index contributed by atoms with van der Waals surface area (Å²) in [5.41, 5.74) is 2.51. The molecule has 0 atom stereocenters. The Hall–Kier alpha value is -3.32. The van der Waals surface area contributed by atoms with E-state index in [2.05, 4.69) is 30.9 Å². The highest BCUT2D eigenvalue weighted by Crippen LogP contribution is 2.35. The molecule has 1 amide bonds. The summed E-state index contributed by atoms with van der Waals surface area (Å²) in [5.74, 6) is 1.01. The molecule has 0 saturated carbocycles. The minimum absolute atomic E-state index is 0.129. The summed E-state index contributed by atoms with van der Waals surface area (Å²) >= 11 is 1.70. The highest BCUT2D eigenvalue weighted by molar-refractivity contribution is 7.18. The number of aryl methyl sites for hydroxylation is 2. The zero-order valence-corrected chi connectivity index (χ0v) is 19.5. The minimum Gasteiger partial charge on any atom is -0.352 e. The maximum atomic E-state index is 14.1. The predicted molar refractivity (Wildman–Crippen MR) is 131 cm³/mol. The van der Waals surface area contributed by atoms with Crippen molar-refractivity contribution in [2.24, 2.45) is 0 Å². The van der Waals surface area contributed by atoms with Crippen LogP contribution in [0.2, 0.25) is 0 Å². The smallest absolute Gasteiger partial charge is 0.256 e. The quantitative estimate of drug-likeness (QED) is 0.430. The van der Waals surface area contributed by atoms with Crippen LogP contribution >= 0.6 is 11.3 Å². The molecule has 1 fully saturated rings. The van der Waals surface area contributed by atoms with Gasteiger partial charge < -0.3 is 9.80 Å². The molecule has 3 heterocycles. The van der Waals surface area contributed by atoms with Crippen LogP contribution in [0.15, 0.2) is 54.6 Å². The van der Waals surface area contributed by atoms with Crippen molar-refractivity contribution < 1.29 is 9.18 Å². The third-order valence-electron chi connectivity index (χ3n) is 6.23. The second kappa shape index (κ2) is 8.90. The van der Waals surface area contributed by atoms with Gasteiger partial charge in [-0.05, 0) is 37.1 Å². The van der Waals surface area contributed by atoms with Gasteiger partial charge in [-0.25, -0.2) is 14.4 Å². The summed E-state index contributed by atoms with van der Waals surface area (Å²) in [6.07, 6.45) is 0.672. The van der Waals surface area contributed by atoms with E-state index >= 15 is 0 Å². The van der Waals surface area contributed by atoms with E-state index in [-0.39, 0.29) is 11.5 Å². The molecular weight excluding hydrogens is 435 g/mol. The molecular formula is C26H25FN4OS. The lowest BCUT2D eigenvalue weighted by Crippen LogP contribution is -2.49. The van der Waals surface area contributed by atoms with E-state index < -0.39 is 5.82 Å². The van der Waals surface area contributed by atoms with Crippen molar-refractivity contribution in [1.29, 1.82) is 0 Å². The molecule has 0 aliphatic carbocycles. The molecule has 7 heteroatoms. The number of nitrogens with zero attached hydrogens (tertiary/aromatic N) is 4. The number of halogens is 1. The van der Waals surface area contributed by atoms with E-state index in [9.17, 15) is 9.18 Å². The van der Waals surface area contributed by atoms with E-state index in [1.165, 1.54) is 22.1 Å². The van der Waals surface area contributed by atoms with Gasteiger partial charge in [0, 0.05) is 37.5 Å². The number of hydrogen-bond acceptors (Lipinski definition) is 5. The summed E-state index contributed by atoms with van der Waals surface area (Å²) < 4.78 is 14.1. The average molecular weight is 461 g/mol. The number of aromatic nitrogens is 2. The van der Waals surface area contributed by atoms with Crippen LogP contribution in [0.5, 0.6) is 0 Å². The largest absolute Gasteiger partial charge is 0.352 e. The number of benzene rings is 2. The van der Waals surface area contributed by atoms with Crippen molar-refractivity contribution in [3.63, 3.8) is 0 Å². The van der Waals surface area contributed by atoms with E-state index in [1.54, 1.807) is 34.4 Å². The van der Waals surface area contributed by atoms with Crippen LogP contribution in [0.1, 0.15) is 32.2 Å². The maximum Gasteiger partial charge on any atom is 0.256 e. The lowest BCUT2D eigenvalue weighted by molar-refractivity contribution is 0.0742. The van der Waals surface area contributed by atoms with E-state index in [0.717, 1.165) is 21.9 Å². The van der Waals surface area contributed by atoms with Gasteiger partial charge in [-0.2, -0.15) is 0 Å². The number of carbonyl (C=O) groups is 1. The first-order valence-electron chi connectivity index (χ1n) is 11.1. The lowest BCUT2D eigenvalue weighted by Gasteiger charge is -2.36. The van der Waals surface area contributed by atoms with Crippen LogP contribution in [-0.2, 0) is 6.42 Å². The van der Waals surface area contributed by atoms with Crippen LogP contribution in [-0.4, -0.2) is 47.0 Å². The SMILES string of the molecule is Cc1sc2nc(Cc3ccccc3)nc(N3CCN(C(=O)c4ccccc4F)CC3)c2c1C. The molecule has 2 aromatic heterocycles. The van der Waals surface area contributed by atoms with Crippen molar-refractivity contribution in [2.75, 3.05) is 31.1 Å². The molecule has 33 heavy (non-hydrogen) atoms. The molecule has 0 radical (unpaired) electrons. The van der Waals surface area contributed by atoms with Gasteiger partial charge in [0.25, 0.3) is 5.91 Å². The van der Waals surface area contributed by atoms with Gasteiger partial charge in [0.2, 0.25) is 0 Å². The third kappa shape index (κ3) is 4.20. The first kappa shape index (κ1) is 21.5. The maximum absolute atomic E-state index is 14.1. The molecule has 5 rings (SSSR count). The van der Waals surface area contributed by atoms with Gasteiger partial charge in [-0.15, -0.1) is 11.3 Å². The van der Waals surface area contributed by atoms with E-state index in [4.69, 9.17) is 9.97 Å². The summed E-state index contributed by atoms with van der Waals surface area (Å²) in [6.45, 7) is 6.57. The molecule has 2 aromatic carbocycles. The highest BCUT2D eigenvalue weighted by atomic mass is 32.1. The fraction of sp³-hybridized carbons (Fsp3) is 0.269. The monoisotopic (exact) mass is 460 g/mol. The molecule has 0 unspecified atom stereocenters. The standard InChI is InChI=1S/C26H25FN4OS/c1-17-18(2)33-25-23(17)24(28-22(29-25)16-19-8-4-3-5-9-19)30-12-14-31(15-13-30)26(32)20-10-6-7-11-21(20)27/h3-11H,12-16H2,1-2H3. The number of rotatable bonds is 4. The number of fused-ring (bicyclic) bond motifs is 1. The number of carbonyl (C=O) groups excluding carboxylic acids is 1. The fourth-order valence-corrected chi connectivity index (χ4v) is 5.33. The molecule has 1 aliphatic heterocycles. The van der Waals surface area contributed by atoms with Gasteiger partial charge in [-0.1, -0.05) is 42.5 Å². The summed E-state index contributed by atoms with van der Waals surface area (Å²) in [5, 5.41) is 1.10. The molecule has 1 aliphatic rings. The van der Waals surface area contributed by atoms with Crippen LogP contribution in [0.4, 0.5) is 10.2 Å². The highest BCUT2D eigenvalue weighted by Gasteiger charge is 2.27. The van der Waals surface area contributed by atoms with Crippen molar-refractivity contribution in [1.82, 2.24) is 14.9 Å². The molecule has 1 saturated heterocycles. The number of amides is 1. The summed E-state index contributed by atoms with van der Waals surface area (Å²) in [6, 6.07) is 16.4. The van der Waals surface area contributed by atoms with Crippen LogP contribution in [0.3, 0.4) is 0 Å².